The Labute approximate surface area is 171 Å². The molecular formula is C19H21ClFN5O3. The van der Waals surface area contributed by atoms with Crippen LogP contribution < -0.4 is 21.9 Å². The van der Waals surface area contributed by atoms with Crippen LogP contribution in [0.1, 0.15) is 11.1 Å². The summed E-state index contributed by atoms with van der Waals surface area (Å²) in [6.45, 7) is 1.15. The van der Waals surface area contributed by atoms with E-state index in [2.05, 4.69) is 10.6 Å². The Balaban J connectivity index is 0.00000240. The summed E-state index contributed by atoms with van der Waals surface area (Å²) >= 11 is 0. The number of benzene rings is 1. The number of hydrogen-bond acceptors (Lipinski definition) is 4. The topological polar surface area (TPSA) is 90.1 Å². The Bertz CT molecular complexity index is 1230. The molecule has 0 atom stereocenters. The first kappa shape index (κ1) is 20.8. The quantitative estimate of drug-likeness (QED) is 0.657. The summed E-state index contributed by atoms with van der Waals surface area (Å²) in [5.41, 5.74) is 1.09. The molecule has 0 unspecified atom stereocenters. The third kappa shape index (κ3) is 3.47. The highest BCUT2D eigenvalue weighted by molar-refractivity contribution is 5.92. The average molecular weight is 422 g/mol. The van der Waals surface area contributed by atoms with E-state index in [-0.39, 0.29) is 24.6 Å². The highest BCUT2D eigenvalue weighted by atomic mass is 35.5. The van der Waals surface area contributed by atoms with Crippen LogP contribution in [0.25, 0.3) is 11.0 Å². The molecule has 3 heterocycles. The highest BCUT2D eigenvalue weighted by Crippen LogP contribution is 2.24. The molecule has 8 nitrogen and oxygen atoms in total. The van der Waals surface area contributed by atoms with E-state index < -0.39 is 23.0 Å². The minimum absolute atomic E-state index is 0. The van der Waals surface area contributed by atoms with Crippen LogP contribution in [0, 0.1) is 5.82 Å². The van der Waals surface area contributed by atoms with E-state index >= 15 is 0 Å². The molecule has 1 aromatic carbocycles. The summed E-state index contributed by atoms with van der Waals surface area (Å²) in [5, 5.41) is 6.12. The SMILES string of the molecule is Cl.Cn1c(=O)c2ccn(CC(=O)Nc3ccc4c(c3F)CCNC4)c2n(C)c1=O. The molecule has 1 aliphatic rings. The number of hydrogen-bond donors (Lipinski definition) is 2. The molecule has 2 N–H and O–H groups in total. The van der Waals surface area contributed by atoms with Crippen LogP contribution in [0.2, 0.25) is 0 Å². The van der Waals surface area contributed by atoms with Gasteiger partial charge in [-0.25, -0.2) is 9.18 Å². The highest BCUT2D eigenvalue weighted by Gasteiger charge is 2.19. The predicted molar refractivity (Wildman–Crippen MR) is 110 cm³/mol. The molecule has 2 aromatic heterocycles. The number of carbonyl (C=O) groups excluding carboxylic acids is 1. The summed E-state index contributed by atoms with van der Waals surface area (Å²) in [6, 6.07) is 4.92. The van der Waals surface area contributed by atoms with Crippen molar-refractivity contribution >= 4 is 35.0 Å². The second kappa shape index (κ2) is 7.84. The first-order chi connectivity index (χ1) is 13.4. The van der Waals surface area contributed by atoms with Crippen LogP contribution in [0.3, 0.4) is 0 Å². The number of halogens is 2. The summed E-state index contributed by atoms with van der Waals surface area (Å²) in [4.78, 5) is 36.9. The molecule has 0 saturated carbocycles. The molecule has 0 saturated heterocycles. The van der Waals surface area contributed by atoms with Crippen molar-refractivity contribution in [2.75, 3.05) is 11.9 Å². The average Bonchev–Trinajstić information content (AvgIpc) is 3.10. The summed E-state index contributed by atoms with van der Waals surface area (Å²) in [7, 11) is 2.94. The smallest absolute Gasteiger partial charge is 0.324 e. The zero-order valence-corrected chi connectivity index (χ0v) is 16.8. The summed E-state index contributed by atoms with van der Waals surface area (Å²) in [5.74, 6) is -0.857. The van der Waals surface area contributed by atoms with Gasteiger partial charge in [-0.2, -0.15) is 0 Å². The number of nitrogens with zero attached hydrogens (tertiary/aromatic N) is 3. The Morgan fingerprint density at radius 1 is 1.21 bits per heavy atom. The van der Waals surface area contributed by atoms with Crippen molar-refractivity contribution in [2.24, 2.45) is 14.1 Å². The number of nitrogens with one attached hydrogen (secondary N) is 2. The van der Waals surface area contributed by atoms with Gasteiger partial charge in [0.15, 0.2) is 0 Å². The lowest BCUT2D eigenvalue weighted by Crippen LogP contribution is -2.37. The van der Waals surface area contributed by atoms with Crippen LogP contribution in [-0.2, 0) is 38.4 Å². The van der Waals surface area contributed by atoms with Crippen molar-refractivity contribution in [1.82, 2.24) is 19.0 Å². The molecule has 0 fully saturated rings. The molecule has 29 heavy (non-hydrogen) atoms. The Kier molecular flexibility index (Phi) is 5.63. The number of carbonyl (C=O) groups is 1. The van der Waals surface area contributed by atoms with Crippen molar-refractivity contribution in [2.45, 2.75) is 19.5 Å². The minimum atomic E-state index is -0.479. The Hall–Kier alpha value is -2.91. The van der Waals surface area contributed by atoms with Crippen molar-refractivity contribution in [3.63, 3.8) is 0 Å². The maximum atomic E-state index is 14.7. The van der Waals surface area contributed by atoms with Crippen molar-refractivity contribution in [3.05, 3.63) is 62.2 Å². The molecule has 4 rings (SSSR count). The molecule has 0 spiro atoms. The lowest BCUT2D eigenvalue weighted by molar-refractivity contribution is -0.116. The van der Waals surface area contributed by atoms with Gasteiger partial charge < -0.3 is 15.2 Å². The van der Waals surface area contributed by atoms with E-state index in [0.29, 0.717) is 36.1 Å². The Morgan fingerprint density at radius 2 is 1.97 bits per heavy atom. The van der Waals surface area contributed by atoms with Crippen LogP contribution in [-0.4, -0.2) is 26.2 Å². The number of aromatic nitrogens is 3. The van der Waals surface area contributed by atoms with Gasteiger partial charge in [0.25, 0.3) is 5.56 Å². The minimum Gasteiger partial charge on any atom is -0.324 e. The number of fused-ring (bicyclic) bond motifs is 2. The maximum Gasteiger partial charge on any atom is 0.332 e. The third-order valence-corrected chi connectivity index (χ3v) is 5.16. The third-order valence-electron chi connectivity index (χ3n) is 5.16. The predicted octanol–water partition coefficient (Wildman–Crippen LogP) is 0.884. The standard InChI is InChI=1S/C19H20FN5O3.ClH/c1-23-17-13(18(27)24(2)19(23)28)6-8-25(17)10-15(26)22-14-4-3-11-9-21-7-5-12(11)16(14)20;/h3-4,6,8,21H,5,7,9-10H2,1-2H3,(H,22,26);1H. The van der Waals surface area contributed by atoms with E-state index in [4.69, 9.17) is 0 Å². The van der Waals surface area contributed by atoms with E-state index in [1.165, 1.54) is 23.2 Å². The van der Waals surface area contributed by atoms with E-state index in [1.54, 1.807) is 24.4 Å². The van der Waals surface area contributed by atoms with Gasteiger partial charge in [0.05, 0.1) is 11.1 Å². The van der Waals surface area contributed by atoms with Crippen molar-refractivity contribution < 1.29 is 9.18 Å². The normalized spacial score (nSPS) is 13.1. The van der Waals surface area contributed by atoms with Gasteiger partial charge in [-0.05, 0) is 36.2 Å². The zero-order chi connectivity index (χ0) is 20.0. The first-order valence-electron chi connectivity index (χ1n) is 8.94. The molecule has 0 radical (unpaired) electrons. The molecule has 0 aliphatic carbocycles. The number of amides is 1. The monoisotopic (exact) mass is 421 g/mol. The van der Waals surface area contributed by atoms with Crippen LogP contribution in [0.4, 0.5) is 10.1 Å². The molecule has 1 aliphatic heterocycles. The van der Waals surface area contributed by atoms with Gasteiger partial charge in [-0.1, -0.05) is 6.07 Å². The second-order valence-corrected chi connectivity index (χ2v) is 6.93. The fourth-order valence-corrected chi connectivity index (χ4v) is 3.69. The van der Waals surface area contributed by atoms with Crippen LogP contribution in [0.15, 0.2) is 34.0 Å². The summed E-state index contributed by atoms with van der Waals surface area (Å²) < 4.78 is 18.6. The molecule has 154 valence electrons. The second-order valence-electron chi connectivity index (χ2n) is 6.93. The van der Waals surface area contributed by atoms with Crippen LogP contribution >= 0.6 is 12.4 Å². The molecule has 3 aromatic rings. The maximum absolute atomic E-state index is 14.7. The van der Waals surface area contributed by atoms with Crippen molar-refractivity contribution in [3.8, 4) is 0 Å². The van der Waals surface area contributed by atoms with Gasteiger partial charge in [0.1, 0.15) is 18.0 Å². The lowest BCUT2D eigenvalue weighted by atomic mass is 9.99. The van der Waals surface area contributed by atoms with E-state index in [9.17, 15) is 18.8 Å². The molecule has 10 heteroatoms. The summed E-state index contributed by atoms with van der Waals surface area (Å²) in [6.07, 6.45) is 2.14. The van der Waals surface area contributed by atoms with Crippen LogP contribution in [0.5, 0.6) is 0 Å². The van der Waals surface area contributed by atoms with Crippen molar-refractivity contribution in [1.29, 1.82) is 0 Å². The first-order valence-corrected chi connectivity index (χ1v) is 8.94. The zero-order valence-electron chi connectivity index (χ0n) is 16.0. The fraction of sp³-hybridized carbons (Fsp3) is 0.316. The van der Waals surface area contributed by atoms with Gasteiger partial charge in [-0.3, -0.25) is 18.7 Å². The van der Waals surface area contributed by atoms with Gasteiger partial charge in [-0.15, -0.1) is 12.4 Å². The Morgan fingerprint density at radius 3 is 2.72 bits per heavy atom. The largest absolute Gasteiger partial charge is 0.332 e. The van der Waals surface area contributed by atoms with Gasteiger partial charge in [0, 0.05) is 26.8 Å². The van der Waals surface area contributed by atoms with Gasteiger partial charge in [0.2, 0.25) is 5.91 Å². The van der Waals surface area contributed by atoms with E-state index in [0.717, 1.165) is 10.1 Å². The number of aryl methyl sites for hydroxylation is 1. The fourth-order valence-electron chi connectivity index (χ4n) is 3.69. The number of rotatable bonds is 3. The molecule has 1 amide bonds. The molecular weight excluding hydrogens is 401 g/mol. The van der Waals surface area contributed by atoms with Gasteiger partial charge >= 0.3 is 5.69 Å². The number of anilines is 1. The van der Waals surface area contributed by atoms with E-state index in [1.807, 2.05) is 0 Å². The molecule has 0 bridgehead atoms. The lowest BCUT2D eigenvalue weighted by Gasteiger charge is -2.19.